The Morgan fingerprint density at radius 3 is 2.75 bits per heavy atom. The molecule has 0 fully saturated rings. The van der Waals surface area contributed by atoms with Gasteiger partial charge in [0.05, 0.1) is 0 Å². The Kier molecular flexibility index (Phi) is 3.10. The van der Waals surface area contributed by atoms with Crippen molar-refractivity contribution in [3.05, 3.63) is 23.3 Å². The molecule has 0 amide bonds. The number of aliphatic hydroxyl groups excluding tert-OH is 1. The molecule has 1 aliphatic heterocycles. The Morgan fingerprint density at radius 1 is 1.38 bits per heavy atom. The maximum absolute atomic E-state index is 11.8. The summed E-state index contributed by atoms with van der Waals surface area (Å²) >= 11 is 0. The molecule has 1 N–H and O–H groups in total. The van der Waals surface area contributed by atoms with Crippen LogP contribution in [0.5, 0.6) is 11.5 Å². The highest BCUT2D eigenvalue weighted by atomic mass is 16.7. The lowest BCUT2D eigenvalue weighted by molar-refractivity contribution is 0.0970. The van der Waals surface area contributed by atoms with Gasteiger partial charge in [-0.05, 0) is 31.0 Å². The van der Waals surface area contributed by atoms with Crippen molar-refractivity contribution in [2.45, 2.75) is 19.8 Å². The number of carbonyl (C=O) groups is 1. The third-order valence-corrected chi connectivity index (χ3v) is 2.58. The quantitative estimate of drug-likeness (QED) is 0.787. The maximum atomic E-state index is 11.8. The molecular formula is C12H14O4. The molecule has 0 saturated heterocycles. The monoisotopic (exact) mass is 222 g/mol. The lowest BCUT2D eigenvalue weighted by atomic mass is 10.0. The third-order valence-electron chi connectivity index (χ3n) is 2.58. The molecule has 1 aliphatic rings. The number of ether oxygens (including phenoxy) is 2. The smallest absolute Gasteiger partial charge is 0.231 e. The predicted octanol–water partition coefficient (Wildman–Crippen LogP) is 1.68. The van der Waals surface area contributed by atoms with E-state index in [1.165, 1.54) is 0 Å². The SMILES string of the molecule is Cc1cc2c(cc1C(=O)CCCO)OCO2. The molecule has 0 radical (unpaired) electrons. The van der Waals surface area contributed by atoms with Gasteiger partial charge in [-0.3, -0.25) is 4.79 Å². The molecule has 1 aromatic rings. The summed E-state index contributed by atoms with van der Waals surface area (Å²) in [5, 5.41) is 8.69. The van der Waals surface area contributed by atoms with Crippen LogP contribution in [0.1, 0.15) is 28.8 Å². The van der Waals surface area contributed by atoms with Crippen LogP contribution in [-0.2, 0) is 0 Å². The van der Waals surface area contributed by atoms with Gasteiger partial charge in [-0.1, -0.05) is 0 Å². The third kappa shape index (κ3) is 2.02. The normalized spacial score (nSPS) is 12.9. The molecule has 4 heteroatoms. The van der Waals surface area contributed by atoms with E-state index in [4.69, 9.17) is 14.6 Å². The van der Waals surface area contributed by atoms with Crippen molar-refractivity contribution in [1.82, 2.24) is 0 Å². The molecule has 0 saturated carbocycles. The van der Waals surface area contributed by atoms with Crippen molar-refractivity contribution in [3.63, 3.8) is 0 Å². The molecule has 4 nitrogen and oxygen atoms in total. The molecule has 1 heterocycles. The molecule has 0 aliphatic carbocycles. The molecular weight excluding hydrogens is 208 g/mol. The van der Waals surface area contributed by atoms with Crippen molar-refractivity contribution in [2.75, 3.05) is 13.4 Å². The van der Waals surface area contributed by atoms with Crippen LogP contribution in [0.3, 0.4) is 0 Å². The van der Waals surface area contributed by atoms with Crippen molar-refractivity contribution >= 4 is 5.78 Å². The number of hydrogen-bond donors (Lipinski definition) is 1. The highest BCUT2D eigenvalue weighted by Gasteiger charge is 2.18. The fourth-order valence-corrected chi connectivity index (χ4v) is 1.72. The van der Waals surface area contributed by atoms with Gasteiger partial charge in [-0.25, -0.2) is 0 Å². The largest absolute Gasteiger partial charge is 0.454 e. The van der Waals surface area contributed by atoms with E-state index in [1.807, 2.05) is 13.0 Å². The van der Waals surface area contributed by atoms with Gasteiger partial charge in [-0.15, -0.1) is 0 Å². The summed E-state index contributed by atoms with van der Waals surface area (Å²) in [4.78, 5) is 11.8. The first-order valence-corrected chi connectivity index (χ1v) is 5.26. The number of Topliss-reactive ketones (excluding diaryl/α,β-unsaturated/α-hetero) is 1. The average Bonchev–Trinajstić information content (AvgIpc) is 2.71. The van der Waals surface area contributed by atoms with Gasteiger partial charge in [0.1, 0.15) is 0 Å². The van der Waals surface area contributed by atoms with Crippen LogP contribution >= 0.6 is 0 Å². The molecule has 0 unspecified atom stereocenters. The molecule has 0 bridgehead atoms. The molecule has 0 atom stereocenters. The van der Waals surface area contributed by atoms with Gasteiger partial charge in [-0.2, -0.15) is 0 Å². The van der Waals surface area contributed by atoms with E-state index in [0.29, 0.717) is 29.9 Å². The average molecular weight is 222 g/mol. The van der Waals surface area contributed by atoms with Crippen LogP contribution in [0, 0.1) is 6.92 Å². The molecule has 1 aromatic carbocycles. The lowest BCUT2D eigenvalue weighted by Crippen LogP contribution is -2.02. The van der Waals surface area contributed by atoms with E-state index in [9.17, 15) is 4.79 Å². The number of ketones is 1. The second-order valence-corrected chi connectivity index (χ2v) is 3.77. The van der Waals surface area contributed by atoms with Crippen LogP contribution in [0.25, 0.3) is 0 Å². The Hall–Kier alpha value is -1.55. The van der Waals surface area contributed by atoms with E-state index in [1.54, 1.807) is 6.07 Å². The van der Waals surface area contributed by atoms with E-state index >= 15 is 0 Å². The second kappa shape index (κ2) is 4.53. The summed E-state index contributed by atoms with van der Waals surface area (Å²) in [6, 6.07) is 3.53. The zero-order valence-corrected chi connectivity index (χ0v) is 9.16. The fraction of sp³-hybridized carbons (Fsp3) is 0.417. The summed E-state index contributed by atoms with van der Waals surface area (Å²) in [5.74, 6) is 1.35. The van der Waals surface area contributed by atoms with E-state index in [-0.39, 0.29) is 19.2 Å². The summed E-state index contributed by atoms with van der Waals surface area (Å²) in [5.41, 5.74) is 1.53. The van der Waals surface area contributed by atoms with Crippen LogP contribution in [0.4, 0.5) is 0 Å². The number of aryl methyl sites for hydroxylation is 1. The van der Waals surface area contributed by atoms with Crippen LogP contribution in [0.2, 0.25) is 0 Å². The van der Waals surface area contributed by atoms with E-state index < -0.39 is 0 Å². The van der Waals surface area contributed by atoms with Gasteiger partial charge >= 0.3 is 0 Å². The maximum Gasteiger partial charge on any atom is 0.231 e. The lowest BCUT2D eigenvalue weighted by Gasteiger charge is -2.06. The minimum Gasteiger partial charge on any atom is -0.454 e. The van der Waals surface area contributed by atoms with Crippen molar-refractivity contribution in [3.8, 4) is 11.5 Å². The minimum atomic E-state index is 0.0323. The topological polar surface area (TPSA) is 55.8 Å². The molecule has 0 aromatic heterocycles. The first kappa shape index (κ1) is 11.0. The summed E-state index contributed by atoms with van der Waals surface area (Å²) in [6.45, 7) is 2.12. The summed E-state index contributed by atoms with van der Waals surface area (Å²) in [7, 11) is 0. The number of hydrogen-bond acceptors (Lipinski definition) is 4. The van der Waals surface area contributed by atoms with Gasteiger partial charge in [0, 0.05) is 18.6 Å². The zero-order chi connectivity index (χ0) is 11.5. The minimum absolute atomic E-state index is 0.0323. The van der Waals surface area contributed by atoms with Gasteiger partial charge in [0.25, 0.3) is 0 Å². The first-order chi connectivity index (χ1) is 7.72. The fourth-order valence-electron chi connectivity index (χ4n) is 1.72. The highest BCUT2D eigenvalue weighted by Crippen LogP contribution is 2.34. The number of carbonyl (C=O) groups excluding carboxylic acids is 1. The molecule has 2 rings (SSSR count). The summed E-state index contributed by atoms with van der Waals surface area (Å²) in [6.07, 6.45) is 0.851. The van der Waals surface area contributed by atoms with Gasteiger partial charge in [0.2, 0.25) is 6.79 Å². The molecule has 16 heavy (non-hydrogen) atoms. The van der Waals surface area contributed by atoms with Crippen molar-refractivity contribution in [2.24, 2.45) is 0 Å². The molecule has 86 valence electrons. The highest BCUT2D eigenvalue weighted by molar-refractivity contribution is 5.98. The number of benzene rings is 1. The van der Waals surface area contributed by atoms with E-state index in [2.05, 4.69) is 0 Å². The van der Waals surface area contributed by atoms with Gasteiger partial charge < -0.3 is 14.6 Å². The first-order valence-electron chi connectivity index (χ1n) is 5.26. The van der Waals surface area contributed by atoms with Gasteiger partial charge in [0.15, 0.2) is 17.3 Å². The Bertz CT molecular complexity index is 412. The van der Waals surface area contributed by atoms with E-state index in [0.717, 1.165) is 5.56 Å². The Morgan fingerprint density at radius 2 is 2.06 bits per heavy atom. The Labute approximate surface area is 93.8 Å². The van der Waals surface area contributed by atoms with Crippen molar-refractivity contribution < 1.29 is 19.4 Å². The van der Waals surface area contributed by atoms with Crippen LogP contribution < -0.4 is 9.47 Å². The predicted molar refractivity (Wildman–Crippen MR) is 58.0 cm³/mol. The number of rotatable bonds is 4. The number of aliphatic hydroxyl groups is 1. The van der Waals surface area contributed by atoms with Crippen LogP contribution in [-0.4, -0.2) is 24.3 Å². The number of fused-ring (bicyclic) bond motifs is 1. The second-order valence-electron chi connectivity index (χ2n) is 3.77. The zero-order valence-electron chi connectivity index (χ0n) is 9.16. The summed E-state index contributed by atoms with van der Waals surface area (Å²) < 4.78 is 10.4. The standard InChI is InChI=1S/C12H14O4/c1-8-5-11-12(16-7-15-11)6-9(8)10(14)3-2-4-13/h5-6,13H,2-4,7H2,1H3. The van der Waals surface area contributed by atoms with Crippen LogP contribution in [0.15, 0.2) is 12.1 Å². The molecule has 0 spiro atoms. The Balaban J connectivity index is 2.24. The van der Waals surface area contributed by atoms with Crippen molar-refractivity contribution in [1.29, 1.82) is 0 Å².